The van der Waals surface area contributed by atoms with Gasteiger partial charge in [-0.05, 0) is 49.8 Å². The number of ether oxygens (including phenoxy) is 2. The maximum atomic E-state index is 13.1. The second-order valence-corrected chi connectivity index (χ2v) is 9.26. The minimum Gasteiger partial charge on any atom is -0.463 e. The van der Waals surface area contributed by atoms with Gasteiger partial charge in [-0.3, -0.25) is 0 Å². The van der Waals surface area contributed by atoms with Crippen molar-refractivity contribution in [3.05, 3.63) is 81.6 Å². The molecule has 1 aromatic heterocycles. The molecule has 0 radical (unpaired) electrons. The molecule has 1 aliphatic carbocycles. The molecule has 7 nitrogen and oxygen atoms in total. The van der Waals surface area contributed by atoms with Gasteiger partial charge in [-0.2, -0.15) is 10.5 Å². The first-order valence-electron chi connectivity index (χ1n) is 11.7. The summed E-state index contributed by atoms with van der Waals surface area (Å²) in [5.74, 6) is -0.801. The fourth-order valence-corrected chi connectivity index (χ4v) is 5.37. The normalized spacial score (nSPS) is 17.5. The van der Waals surface area contributed by atoms with Crippen LogP contribution in [0.25, 0.3) is 0 Å². The number of nitriles is 2. The Balaban J connectivity index is 1.74. The molecule has 2 aromatic rings. The van der Waals surface area contributed by atoms with Crippen molar-refractivity contribution in [3.63, 3.8) is 0 Å². The SMILES string of the molecule is CCOC(=O)C1=C(CSc2nc3c(cc2C#N)CCCCC3)OC(N)=C(C#N)C1c1ccccc1. The highest BCUT2D eigenvalue weighted by Gasteiger charge is 2.37. The topological polar surface area (TPSA) is 122 Å². The number of nitrogens with two attached hydrogens (primary N) is 1. The van der Waals surface area contributed by atoms with Crippen molar-refractivity contribution in [2.75, 3.05) is 12.4 Å². The second kappa shape index (κ2) is 11.1. The van der Waals surface area contributed by atoms with Gasteiger partial charge < -0.3 is 15.2 Å². The van der Waals surface area contributed by atoms with Crippen LogP contribution in [0.3, 0.4) is 0 Å². The Labute approximate surface area is 209 Å². The van der Waals surface area contributed by atoms with Crippen molar-refractivity contribution in [1.82, 2.24) is 4.98 Å². The molecule has 1 aromatic carbocycles. The third kappa shape index (κ3) is 5.18. The number of benzene rings is 1. The van der Waals surface area contributed by atoms with E-state index < -0.39 is 11.9 Å². The predicted molar refractivity (Wildman–Crippen MR) is 132 cm³/mol. The Morgan fingerprint density at radius 1 is 1.20 bits per heavy atom. The lowest BCUT2D eigenvalue weighted by atomic mass is 9.83. The van der Waals surface area contributed by atoms with Gasteiger partial charge in [-0.15, -0.1) is 0 Å². The fraction of sp³-hybridized carbons (Fsp3) is 0.333. The van der Waals surface area contributed by atoms with Crippen molar-refractivity contribution < 1.29 is 14.3 Å². The number of nitrogens with zero attached hydrogens (tertiary/aromatic N) is 3. The average Bonchev–Trinajstić information content (AvgIpc) is 3.11. The highest BCUT2D eigenvalue weighted by Crippen LogP contribution is 2.41. The van der Waals surface area contributed by atoms with E-state index in [2.05, 4.69) is 12.1 Å². The van der Waals surface area contributed by atoms with Crippen LogP contribution < -0.4 is 5.73 Å². The quantitative estimate of drug-likeness (QED) is 0.356. The molecule has 2 heterocycles. The number of aromatic nitrogens is 1. The number of pyridine rings is 1. The Morgan fingerprint density at radius 3 is 2.69 bits per heavy atom. The maximum Gasteiger partial charge on any atom is 0.338 e. The Kier molecular flexibility index (Phi) is 7.74. The number of thioether (sulfide) groups is 1. The van der Waals surface area contributed by atoms with Gasteiger partial charge in [0.25, 0.3) is 0 Å². The zero-order valence-electron chi connectivity index (χ0n) is 19.5. The van der Waals surface area contributed by atoms with Crippen molar-refractivity contribution in [3.8, 4) is 12.1 Å². The molecule has 0 fully saturated rings. The zero-order valence-corrected chi connectivity index (χ0v) is 20.4. The number of aryl methyl sites for hydroxylation is 2. The van der Waals surface area contributed by atoms with Gasteiger partial charge in [0.15, 0.2) is 0 Å². The lowest BCUT2D eigenvalue weighted by Crippen LogP contribution is -2.27. The summed E-state index contributed by atoms with van der Waals surface area (Å²) in [6.07, 6.45) is 5.15. The molecular weight excluding hydrogens is 460 g/mol. The average molecular weight is 487 g/mol. The molecule has 35 heavy (non-hydrogen) atoms. The summed E-state index contributed by atoms with van der Waals surface area (Å²) >= 11 is 1.32. The first-order valence-corrected chi connectivity index (χ1v) is 12.6. The van der Waals surface area contributed by atoms with Gasteiger partial charge in [0.05, 0.1) is 29.4 Å². The summed E-state index contributed by atoms with van der Waals surface area (Å²) < 4.78 is 11.2. The highest BCUT2D eigenvalue weighted by atomic mass is 32.2. The van der Waals surface area contributed by atoms with E-state index in [-0.39, 0.29) is 29.4 Å². The Hall–Kier alpha value is -3.75. The first-order chi connectivity index (χ1) is 17.1. The summed E-state index contributed by atoms with van der Waals surface area (Å²) in [5.41, 5.74) is 9.96. The predicted octanol–water partition coefficient (Wildman–Crippen LogP) is 4.64. The van der Waals surface area contributed by atoms with Crippen LogP contribution in [-0.2, 0) is 27.1 Å². The van der Waals surface area contributed by atoms with Crippen LogP contribution in [0.15, 0.2) is 64.2 Å². The van der Waals surface area contributed by atoms with Gasteiger partial charge in [0, 0.05) is 5.69 Å². The molecule has 0 spiro atoms. The Bertz CT molecular complexity index is 1270. The number of rotatable bonds is 6. The summed E-state index contributed by atoms with van der Waals surface area (Å²) in [7, 11) is 0. The molecule has 2 N–H and O–H groups in total. The van der Waals surface area contributed by atoms with E-state index in [1.165, 1.54) is 11.8 Å². The molecule has 0 bridgehead atoms. The lowest BCUT2D eigenvalue weighted by molar-refractivity contribution is -0.139. The molecule has 178 valence electrons. The van der Waals surface area contributed by atoms with Crippen molar-refractivity contribution in [2.45, 2.75) is 50.0 Å². The second-order valence-electron chi connectivity index (χ2n) is 8.30. The van der Waals surface area contributed by atoms with Gasteiger partial charge in [-0.25, -0.2) is 9.78 Å². The minimum absolute atomic E-state index is 0.0413. The van der Waals surface area contributed by atoms with Gasteiger partial charge in [-0.1, -0.05) is 48.5 Å². The third-order valence-electron chi connectivity index (χ3n) is 6.10. The summed E-state index contributed by atoms with van der Waals surface area (Å²) in [5, 5.41) is 20.2. The number of hydrogen-bond donors (Lipinski definition) is 1. The van der Waals surface area contributed by atoms with Crippen molar-refractivity contribution in [2.24, 2.45) is 5.73 Å². The van der Waals surface area contributed by atoms with E-state index >= 15 is 0 Å². The van der Waals surface area contributed by atoms with E-state index in [1.807, 2.05) is 36.4 Å². The Morgan fingerprint density at radius 2 is 1.97 bits per heavy atom. The summed E-state index contributed by atoms with van der Waals surface area (Å²) in [6.45, 7) is 1.90. The molecule has 1 atom stereocenters. The van der Waals surface area contributed by atoms with Gasteiger partial charge in [0.2, 0.25) is 5.88 Å². The third-order valence-corrected chi connectivity index (χ3v) is 7.09. The number of esters is 1. The number of carbonyl (C=O) groups excluding carboxylic acids is 1. The van der Waals surface area contributed by atoms with Gasteiger partial charge in [0.1, 0.15) is 28.5 Å². The molecule has 0 saturated carbocycles. The van der Waals surface area contributed by atoms with E-state index in [0.717, 1.165) is 48.9 Å². The van der Waals surface area contributed by atoms with Crippen LogP contribution in [0.2, 0.25) is 0 Å². The molecule has 2 aliphatic rings. The van der Waals surface area contributed by atoms with E-state index in [1.54, 1.807) is 6.92 Å². The largest absolute Gasteiger partial charge is 0.463 e. The lowest BCUT2D eigenvalue weighted by Gasteiger charge is -2.28. The molecule has 1 aliphatic heterocycles. The molecule has 4 rings (SSSR count). The standard InChI is InChI=1S/C27H26N4O3S/c1-2-33-27(32)24-22(34-25(30)20(15-29)23(24)17-9-5-3-6-10-17)16-35-26-19(14-28)13-18-11-7-4-8-12-21(18)31-26/h3,5-6,9-10,13,23H,2,4,7-8,11-12,16,30H2,1H3. The molecular formula is C27H26N4O3S. The number of fused-ring (bicyclic) bond motifs is 1. The van der Waals surface area contributed by atoms with Gasteiger partial charge >= 0.3 is 5.97 Å². The van der Waals surface area contributed by atoms with E-state index in [4.69, 9.17) is 20.2 Å². The molecule has 8 heteroatoms. The zero-order chi connectivity index (χ0) is 24.8. The van der Waals surface area contributed by atoms with Crippen LogP contribution in [0.5, 0.6) is 0 Å². The monoisotopic (exact) mass is 486 g/mol. The van der Waals surface area contributed by atoms with Crippen LogP contribution in [0.1, 0.15) is 54.5 Å². The van der Waals surface area contributed by atoms with Crippen LogP contribution in [0, 0.1) is 22.7 Å². The van der Waals surface area contributed by atoms with Crippen molar-refractivity contribution >= 4 is 17.7 Å². The van der Waals surface area contributed by atoms with E-state index in [9.17, 15) is 15.3 Å². The minimum atomic E-state index is -0.708. The summed E-state index contributed by atoms with van der Waals surface area (Å²) in [4.78, 5) is 17.9. The fourth-order valence-electron chi connectivity index (χ4n) is 4.45. The number of hydrogen-bond acceptors (Lipinski definition) is 8. The number of allylic oxidation sites excluding steroid dienone is 1. The van der Waals surface area contributed by atoms with E-state index in [0.29, 0.717) is 16.3 Å². The highest BCUT2D eigenvalue weighted by molar-refractivity contribution is 7.99. The van der Waals surface area contributed by atoms with Crippen LogP contribution in [-0.4, -0.2) is 23.3 Å². The molecule has 1 unspecified atom stereocenters. The molecule has 0 saturated heterocycles. The smallest absolute Gasteiger partial charge is 0.338 e. The van der Waals surface area contributed by atoms with Crippen molar-refractivity contribution in [1.29, 1.82) is 10.5 Å². The summed E-state index contributed by atoms with van der Waals surface area (Å²) in [6, 6.07) is 15.5. The number of carbonyl (C=O) groups is 1. The van der Waals surface area contributed by atoms with Crippen LogP contribution in [0.4, 0.5) is 0 Å². The maximum absolute atomic E-state index is 13.1. The molecule has 0 amide bonds. The first kappa shape index (κ1) is 24.4. The van der Waals surface area contributed by atoms with Crippen LogP contribution >= 0.6 is 11.8 Å².